The molecule has 1 aromatic carbocycles. The number of β-amino-alcohol motifs (C(OH)–C–C–N with tert-alkyl or cyclic N) is 1. The van der Waals surface area contributed by atoms with Crippen molar-refractivity contribution in [2.75, 3.05) is 6.54 Å². The summed E-state index contributed by atoms with van der Waals surface area (Å²) in [6, 6.07) is 4.57. The maximum atomic E-state index is 13.2. The number of aliphatic hydroxyl groups excluding tert-OH is 1. The van der Waals surface area contributed by atoms with Gasteiger partial charge in [0, 0.05) is 12.1 Å². The number of aliphatic hydroxyl groups is 1. The van der Waals surface area contributed by atoms with Gasteiger partial charge in [0.05, 0.1) is 12.1 Å². The number of hydrogen-bond donors (Lipinski definition) is 2. The molecule has 6 heteroatoms. The standard InChI is InChI=1S/C13H14FN3O2/c1-7-4-8(2-3-10(7)14)12-16-13(19-17-12)11-5-9(18)6-15-11/h2-4,9,11,15,18H,5-6H2,1H3/t9-,11+/m1/s1. The molecule has 2 aromatic rings. The van der Waals surface area contributed by atoms with Crippen molar-refractivity contribution in [3.05, 3.63) is 35.5 Å². The number of nitrogens with one attached hydrogen (secondary N) is 1. The topological polar surface area (TPSA) is 71.2 Å². The van der Waals surface area contributed by atoms with Crippen LogP contribution in [0, 0.1) is 12.7 Å². The van der Waals surface area contributed by atoms with Gasteiger partial charge in [-0.25, -0.2) is 4.39 Å². The predicted molar refractivity (Wildman–Crippen MR) is 65.8 cm³/mol. The summed E-state index contributed by atoms with van der Waals surface area (Å²) >= 11 is 0. The van der Waals surface area contributed by atoms with Gasteiger partial charge in [-0.15, -0.1) is 0 Å². The van der Waals surface area contributed by atoms with Crippen molar-refractivity contribution in [3.63, 3.8) is 0 Å². The molecule has 0 amide bonds. The van der Waals surface area contributed by atoms with Crippen LogP contribution in [-0.4, -0.2) is 27.9 Å². The predicted octanol–water partition coefficient (Wildman–Crippen LogP) is 1.58. The Morgan fingerprint density at radius 3 is 3.00 bits per heavy atom. The molecule has 2 heterocycles. The molecule has 0 bridgehead atoms. The molecule has 100 valence electrons. The molecule has 0 aliphatic carbocycles. The lowest BCUT2D eigenvalue weighted by Crippen LogP contribution is -2.15. The average Bonchev–Trinajstić information content (AvgIpc) is 3.01. The highest BCUT2D eigenvalue weighted by Gasteiger charge is 2.28. The molecule has 0 saturated carbocycles. The van der Waals surface area contributed by atoms with E-state index in [1.165, 1.54) is 6.07 Å². The van der Waals surface area contributed by atoms with Gasteiger partial charge in [0.1, 0.15) is 5.82 Å². The molecule has 0 unspecified atom stereocenters. The Morgan fingerprint density at radius 1 is 1.47 bits per heavy atom. The number of rotatable bonds is 2. The highest BCUT2D eigenvalue weighted by molar-refractivity contribution is 5.55. The number of benzene rings is 1. The van der Waals surface area contributed by atoms with Crippen molar-refractivity contribution >= 4 is 0 Å². The minimum absolute atomic E-state index is 0.113. The Morgan fingerprint density at radius 2 is 2.32 bits per heavy atom. The summed E-state index contributed by atoms with van der Waals surface area (Å²) in [7, 11) is 0. The van der Waals surface area contributed by atoms with E-state index >= 15 is 0 Å². The Labute approximate surface area is 109 Å². The lowest BCUT2D eigenvalue weighted by atomic mass is 10.1. The zero-order valence-corrected chi connectivity index (χ0v) is 10.4. The van der Waals surface area contributed by atoms with E-state index in [2.05, 4.69) is 15.5 Å². The van der Waals surface area contributed by atoms with Crippen LogP contribution < -0.4 is 5.32 Å². The van der Waals surface area contributed by atoms with Crippen LogP contribution in [-0.2, 0) is 0 Å². The van der Waals surface area contributed by atoms with Gasteiger partial charge in [0.2, 0.25) is 11.7 Å². The van der Waals surface area contributed by atoms with Crippen LogP contribution in [0.2, 0.25) is 0 Å². The van der Waals surface area contributed by atoms with Gasteiger partial charge < -0.3 is 14.9 Å². The van der Waals surface area contributed by atoms with E-state index in [1.54, 1.807) is 19.1 Å². The van der Waals surface area contributed by atoms with Gasteiger partial charge in [-0.2, -0.15) is 4.98 Å². The van der Waals surface area contributed by atoms with E-state index in [0.717, 1.165) is 0 Å². The molecule has 1 fully saturated rings. The van der Waals surface area contributed by atoms with Gasteiger partial charge in [-0.3, -0.25) is 0 Å². The highest BCUT2D eigenvalue weighted by Crippen LogP contribution is 2.25. The molecule has 1 aromatic heterocycles. The summed E-state index contributed by atoms with van der Waals surface area (Å²) in [5.41, 5.74) is 1.26. The van der Waals surface area contributed by atoms with Crippen LogP contribution >= 0.6 is 0 Å². The number of hydrogen-bond acceptors (Lipinski definition) is 5. The average molecular weight is 263 g/mol. The van der Waals surface area contributed by atoms with Crippen LogP contribution in [0.5, 0.6) is 0 Å². The monoisotopic (exact) mass is 263 g/mol. The first-order valence-corrected chi connectivity index (χ1v) is 6.15. The molecule has 1 aliphatic rings. The molecular weight excluding hydrogens is 249 g/mol. The van der Waals surface area contributed by atoms with E-state index in [1.807, 2.05) is 0 Å². The normalized spacial score (nSPS) is 22.9. The Bertz CT molecular complexity index is 599. The molecule has 1 saturated heterocycles. The number of nitrogens with zero attached hydrogens (tertiary/aromatic N) is 2. The second-order valence-electron chi connectivity index (χ2n) is 4.77. The third-order valence-corrected chi connectivity index (χ3v) is 3.26. The second-order valence-corrected chi connectivity index (χ2v) is 4.77. The largest absolute Gasteiger partial charge is 0.392 e. The van der Waals surface area contributed by atoms with Crippen LogP contribution in [0.3, 0.4) is 0 Å². The minimum atomic E-state index is -0.381. The van der Waals surface area contributed by atoms with E-state index in [4.69, 9.17) is 4.52 Å². The molecule has 2 atom stereocenters. The number of halogens is 1. The van der Waals surface area contributed by atoms with Crippen molar-refractivity contribution in [3.8, 4) is 11.4 Å². The Kier molecular flexibility index (Phi) is 3.04. The van der Waals surface area contributed by atoms with E-state index in [0.29, 0.717) is 35.8 Å². The first kappa shape index (κ1) is 12.3. The van der Waals surface area contributed by atoms with Crippen molar-refractivity contribution < 1.29 is 14.0 Å². The van der Waals surface area contributed by atoms with Crippen LogP contribution in [0.4, 0.5) is 4.39 Å². The van der Waals surface area contributed by atoms with Crippen molar-refractivity contribution in [1.82, 2.24) is 15.5 Å². The summed E-state index contributed by atoms with van der Waals surface area (Å²) in [6.07, 6.45) is 0.179. The van der Waals surface area contributed by atoms with Crippen molar-refractivity contribution in [2.24, 2.45) is 0 Å². The van der Waals surface area contributed by atoms with Gasteiger partial charge in [-0.1, -0.05) is 5.16 Å². The second kappa shape index (κ2) is 4.71. The molecule has 3 rings (SSSR count). The van der Waals surface area contributed by atoms with E-state index in [-0.39, 0.29) is 18.0 Å². The van der Waals surface area contributed by atoms with Crippen molar-refractivity contribution in [1.29, 1.82) is 0 Å². The summed E-state index contributed by atoms with van der Waals surface area (Å²) in [5, 5.41) is 16.5. The number of aryl methyl sites for hydroxylation is 1. The van der Waals surface area contributed by atoms with E-state index < -0.39 is 0 Å². The van der Waals surface area contributed by atoms with E-state index in [9.17, 15) is 9.50 Å². The SMILES string of the molecule is Cc1cc(-c2noc([C@@H]3C[C@@H](O)CN3)n2)ccc1F. The molecule has 0 spiro atoms. The van der Waals surface area contributed by atoms with Crippen LogP contribution in [0.15, 0.2) is 22.7 Å². The zero-order chi connectivity index (χ0) is 13.4. The van der Waals surface area contributed by atoms with Gasteiger partial charge in [0.25, 0.3) is 0 Å². The maximum absolute atomic E-state index is 13.2. The van der Waals surface area contributed by atoms with Gasteiger partial charge in [-0.05, 0) is 37.1 Å². The fourth-order valence-corrected chi connectivity index (χ4v) is 2.18. The minimum Gasteiger partial charge on any atom is -0.392 e. The summed E-state index contributed by atoms with van der Waals surface area (Å²) < 4.78 is 18.4. The van der Waals surface area contributed by atoms with Crippen LogP contribution in [0.25, 0.3) is 11.4 Å². The fourth-order valence-electron chi connectivity index (χ4n) is 2.18. The lowest BCUT2D eigenvalue weighted by Gasteiger charge is -2.01. The Hall–Kier alpha value is -1.79. The smallest absolute Gasteiger partial charge is 0.244 e. The summed E-state index contributed by atoms with van der Waals surface area (Å²) in [5.74, 6) is 0.628. The molecular formula is C13H14FN3O2. The first-order valence-electron chi connectivity index (χ1n) is 6.15. The molecule has 0 radical (unpaired) electrons. The molecule has 1 aliphatic heterocycles. The molecule has 2 N–H and O–H groups in total. The third-order valence-electron chi connectivity index (χ3n) is 3.26. The maximum Gasteiger partial charge on any atom is 0.244 e. The number of aromatic nitrogens is 2. The Balaban J connectivity index is 1.86. The van der Waals surface area contributed by atoms with Gasteiger partial charge >= 0.3 is 0 Å². The lowest BCUT2D eigenvalue weighted by molar-refractivity contribution is 0.191. The fraction of sp³-hybridized carbons (Fsp3) is 0.385. The highest BCUT2D eigenvalue weighted by atomic mass is 19.1. The third kappa shape index (κ3) is 2.36. The molecule has 5 nitrogen and oxygen atoms in total. The molecule has 19 heavy (non-hydrogen) atoms. The summed E-state index contributed by atoms with van der Waals surface area (Å²) in [4.78, 5) is 4.29. The quantitative estimate of drug-likeness (QED) is 0.860. The van der Waals surface area contributed by atoms with Crippen molar-refractivity contribution in [2.45, 2.75) is 25.5 Å². The van der Waals surface area contributed by atoms with Gasteiger partial charge in [0.15, 0.2) is 0 Å². The summed E-state index contributed by atoms with van der Waals surface area (Å²) in [6.45, 7) is 2.22. The zero-order valence-electron chi connectivity index (χ0n) is 10.4. The first-order chi connectivity index (χ1) is 9.13. The van der Waals surface area contributed by atoms with Crippen LogP contribution in [0.1, 0.15) is 23.9 Å².